The van der Waals surface area contributed by atoms with Gasteiger partial charge in [-0.2, -0.15) is 0 Å². The van der Waals surface area contributed by atoms with Crippen LogP contribution in [0.4, 0.5) is 0 Å². The Hall–Kier alpha value is -3.33. The van der Waals surface area contributed by atoms with E-state index in [9.17, 15) is 4.79 Å². The van der Waals surface area contributed by atoms with E-state index in [-0.39, 0.29) is 5.56 Å². The fraction of sp³-hybridized carbons (Fsp3) is 0.174. The van der Waals surface area contributed by atoms with Gasteiger partial charge in [-0.3, -0.25) is 0 Å². The summed E-state index contributed by atoms with van der Waals surface area (Å²) in [7, 11) is 1.64. The number of rotatable bonds is 6. The van der Waals surface area contributed by atoms with Crippen molar-refractivity contribution >= 4 is 62.6 Å². The summed E-state index contributed by atoms with van der Waals surface area (Å²) in [6.45, 7) is 1.07. The third-order valence-corrected chi connectivity index (χ3v) is 6.02. The Morgan fingerprint density at radius 3 is 2.67 bits per heavy atom. The van der Waals surface area contributed by atoms with Crippen LogP contribution in [0.2, 0.25) is 10.0 Å². The minimum atomic E-state index is -0.169. The maximum atomic E-state index is 13.4. The maximum Gasteiger partial charge on any atom is 0.322 e. The van der Waals surface area contributed by atoms with Gasteiger partial charge in [0.15, 0.2) is 11.7 Å². The molecule has 0 spiro atoms. The highest BCUT2D eigenvalue weighted by atomic mass is 35.5. The van der Waals surface area contributed by atoms with Gasteiger partial charge in [0, 0.05) is 20.1 Å². The first-order valence-corrected chi connectivity index (χ1v) is 11.0. The predicted molar refractivity (Wildman–Crippen MR) is 129 cm³/mol. The molecule has 33 heavy (non-hydrogen) atoms. The van der Waals surface area contributed by atoms with E-state index in [0.717, 1.165) is 5.56 Å². The predicted octanol–water partition coefficient (Wildman–Crippen LogP) is 3.94. The van der Waals surface area contributed by atoms with Crippen molar-refractivity contribution in [2.75, 3.05) is 13.7 Å². The minimum Gasteiger partial charge on any atom is -0.385 e. The lowest BCUT2D eigenvalue weighted by molar-refractivity contribution is -0.357. The van der Waals surface area contributed by atoms with Gasteiger partial charge in [0.2, 0.25) is 5.65 Å². The minimum absolute atomic E-state index is 0.169. The molecule has 3 heterocycles. The Bertz CT molecular complexity index is 1590. The van der Waals surface area contributed by atoms with Crippen molar-refractivity contribution in [3.63, 3.8) is 0 Å². The second kappa shape index (κ2) is 8.90. The van der Waals surface area contributed by atoms with Crippen LogP contribution in [0.25, 0.3) is 33.2 Å². The number of aromatic nitrogens is 5. The van der Waals surface area contributed by atoms with E-state index >= 15 is 0 Å². The molecule has 8 nitrogen and oxygen atoms in total. The molecule has 0 fully saturated rings. The average molecular weight is 482 g/mol. The SMILES string of the molecule is COCCCn1c[nH+]c2c(c1=O)c1nc3ccccc3nc1n2/N=C\c1ccc(Cl)c(Cl)c1. The number of hydrogen-bond donors (Lipinski definition) is 0. The van der Waals surface area contributed by atoms with Crippen LogP contribution in [0.1, 0.15) is 12.0 Å². The van der Waals surface area contributed by atoms with Crippen LogP contribution in [-0.2, 0) is 11.3 Å². The lowest BCUT2D eigenvalue weighted by Gasteiger charge is -2.00. The quantitative estimate of drug-likeness (QED) is 0.271. The van der Waals surface area contributed by atoms with E-state index in [1.807, 2.05) is 24.3 Å². The fourth-order valence-electron chi connectivity index (χ4n) is 3.68. The zero-order chi connectivity index (χ0) is 22.9. The van der Waals surface area contributed by atoms with E-state index in [0.29, 0.717) is 62.8 Å². The fourth-order valence-corrected chi connectivity index (χ4v) is 3.99. The molecule has 0 unspecified atom stereocenters. The van der Waals surface area contributed by atoms with Crippen LogP contribution in [0.5, 0.6) is 0 Å². The van der Waals surface area contributed by atoms with Crippen LogP contribution >= 0.6 is 23.2 Å². The van der Waals surface area contributed by atoms with Crippen LogP contribution in [0.15, 0.2) is 58.7 Å². The van der Waals surface area contributed by atoms with Gasteiger partial charge in [0.1, 0.15) is 5.52 Å². The summed E-state index contributed by atoms with van der Waals surface area (Å²) in [5.41, 5.74) is 3.45. The van der Waals surface area contributed by atoms with Crippen LogP contribution < -0.4 is 10.5 Å². The number of aromatic amines is 1. The average Bonchev–Trinajstić information content (AvgIpc) is 3.13. The second-order valence-electron chi connectivity index (χ2n) is 7.46. The maximum absolute atomic E-state index is 13.4. The molecule has 5 rings (SSSR count). The smallest absolute Gasteiger partial charge is 0.322 e. The third-order valence-electron chi connectivity index (χ3n) is 5.28. The molecule has 10 heteroatoms. The van der Waals surface area contributed by atoms with Gasteiger partial charge in [-0.1, -0.05) is 41.4 Å². The summed E-state index contributed by atoms with van der Waals surface area (Å²) in [4.78, 5) is 26.1. The number of methoxy groups -OCH3 is 1. The molecule has 0 radical (unpaired) electrons. The number of fused-ring (bicyclic) bond motifs is 4. The van der Waals surface area contributed by atoms with Crippen molar-refractivity contribution in [1.29, 1.82) is 0 Å². The number of H-pyrrole nitrogens is 1. The molecule has 0 aliphatic rings. The van der Waals surface area contributed by atoms with Crippen molar-refractivity contribution in [2.24, 2.45) is 5.10 Å². The Morgan fingerprint density at radius 2 is 1.91 bits per heavy atom. The van der Waals surface area contributed by atoms with Crippen molar-refractivity contribution in [2.45, 2.75) is 13.0 Å². The molecule has 0 atom stereocenters. The Kier molecular flexibility index (Phi) is 5.80. The number of para-hydroxylation sites is 2. The molecule has 1 N–H and O–H groups in total. The van der Waals surface area contributed by atoms with Gasteiger partial charge >= 0.3 is 5.56 Å². The molecular formula is C23H19Cl2N6O2+. The van der Waals surface area contributed by atoms with Gasteiger partial charge < -0.3 is 4.74 Å². The highest BCUT2D eigenvalue weighted by molar-refractivity contribution is 6.42. The van der Waals surface area contributed by atoms with E-state index in [4.69, 9.17) is 37.9 Å². The summed E-state index contributed by atoms with van der Waals surface area (Å²) in [5.74, 6) is 0. The Balaban J connectivity index is 1.74. The van der Waals surface area contributed by atoms with Gasteiger partial charge in [-0.25, -0.2) is 24.3 Å². The van der Waals surface area contributed by atoms with Gasteiger partial charge in [0.25, 0.3) is 5.65 Å². The lowest BCUT2D eigenvalue weighted by Crippen LogP contribution is -2.27. The molecule has 0 aliphatic carbocycles. The molecule has 0 bridgehead atoms. The molecule has 3 aromatic heterocycles. The summed E-state index contributed by atoms with van der Waals surface area (Å²) < 4.78 is 8.32. The van der Waals surface area contributed by atoms with Crippen LogP contribution in [0, 0.1) is 0 Å². The Labute approximate surface area is 198 Å². The van der Waals surface area contributed by atoms with E-state index in [2.05, 4.69) is 10.1 Å². The highest BCUT2D eigenvalue weighted by Crippen LogP contribution is 2.25. The molecule has 0 amide bonds. The molecule has 5 aromatic rings. The Morgan fingerprint density at radius 1 is 1.12 bits per heavy atom. The first-order chi connectivity index (χ1) is 16.1. The highest BCUT2D eigenvalue weighted by Gasteiger charge is 2.24. The summed E-state index contributed by atoms with van der Waals surface area (Å²) in [6.07, 6.45) is 3.98. The largest absolute Gasteiger partial charge is 0.385 e. The molecule has 0 saturated carbocycles. The van der Waals surface area contributed by atoms with E-state index < -0.39 is 0 Å². The molecule has 0 aliphatic heterocycles. The molecular weight excluding hydrogens is 463 g/mol. The first kappa shape index (κ1) is 21.5. The van der Waals surface area contributed by atoms with E-state index in [1.54, 1.807) is 47.1 Å². The number of ether oxygens (including phenoxy) is 1. The second-order valence-corrected chi connectivity index (χ2v) is 8.27. The van der Waals surface area contributed by atoms with Crippen LogP contribution in [-0.4, -0.2) is 39.1 Å². The zero-order valence-corrected chi connectivity index (χ0v) is 19.1. The number of aryl methyl sites for hydroxylation is 1. The molecule has 0 saturated heterocycles. The van der Waals surface area contributed by atoms with Gasteiger partial charge in [0.05, 0.1) is 33.8 Å². The lowest BCUT2D eigenvalue weighted by atomic mass is 10.2. The third kappa shape index (κ3) is 3.97. The van der Waals surface area contributed by atoms with Crippen molar-refractivity contribution in [3.8, 4) is 0 Å². The summed E-state index contributed by atoms with van der Waals surface area (Å²) in [6, 6.07) is 12.7. The topological polar surface area (TPSA) is 88.4 Å². The standard InChI is InChI=1S/C23H18Cl2N6O2/c1-33-10-4-9-30-13-26-21-19(23(30)32)20-22(29-18-6-3-2-5-17(18)28-20)31(21)27-12-14-7-8-15(24)16(25)11-14/h2-3,5-8,11-13H,4,9-10H2,1H3/p+1/b27-12-. The number of nitrogens with one attached hydrogen (secondary N) is 1. The van der Waals surface area contributed by atoms with Crippen molar-refractivity contribution in [3.05, 3.63) is 74.8 Å². The number of hydrogen-bond acceptors (Lipinski definition) is 5. The number of benzene rings is 2. The van der Waals surface area contributed by atoms with Crippen molar-refractivity contribution < 1.29 is 9.72 Å². The van der Waals surface area contributed by atoms with Gasteiger partial charge in [-0.05, 0) is 29.8 Å². The van der Waals surface area contributed by atoms with Gasteiger partial charge in [-0.15, -0.1) is 9.78 Å². The van der Waals surface area contributed by atoms with E-state index in [1.165, 1.54) is 0 Å². The normalized spacial score (nSPS) is 12.0. The number of nitrogens with zero attached hydrogens (tertiary/aromatic N) is 5. The summed E-state index contributed by atoms with van der Waals surface area (Å²) in [5, 5.41) is 5.92. The molecule has 2 aromatic carbocycles. The van der Waals surface area contributed by atoms with Crippen LogP contribution in [0.3, 0.4) is 0 Å². The first-order valence-electron chi connectivity index (χ1n) is 10.3. The van der Waals surface area contributed by atoms with Crippen molar-refractivity contribution in [1.82, 2.24) is 19.2 Å². The number of halogens is 2. The monoisotopic (exact) mass is 481 g/mol. The molecule has 166 valence electrons. The summed E-state index contributed by atoms with van der Waals surface area (Å²) >= 11 is 12.2. The zero-order valence-electron chi connectivity index (χ0n) is 17.6.